The molecule has 2 heteroatoms. The van der Waals surface area contributed by atoms with Crippen LogP contribution in [0.4, 0.5) is 0 Å². The van der Waals surface area contributed by atoms with Crippen molar-refractivity contribution in [3.63, 3.8) is 0 Å². The van der Waals surface area contributed by atoms with E-state index in [4.69, 9.17) is 0 Å². The fourth-order valence-corrected chi connectivity index (χ4v) is 3.15. The number of aryl methyl sites for hydroxylation is 2. The Balaban J connectivity index is 1.64. The van der Waals surface area contributed by atoms with E-state index >= 15 is 0 Å². The van der Waals surface area contributed by atoms with E-state index < -0.39 is 0 Å². The zero-order valence-electron chi connectivity index (χ0n) is 12.1. The summed E-state index contributed by atoms with van der Waals surface area (Å²) in [5, 5.41) is 3.55. The van der Waals surface area contributed by atoms with Crippen LogP contribution >= 0.6 is 11.8 Å². The largest absolute Gasteiger partial charge is 0.310 e. The number of hydrogen-bond acceptors (Lipinski definition) is 2. The number of rotatable bonds is 5. The Morgan fingerprint density at radius 3 is 2.45 bits per heavy atom. The van der Waals surface area contributed by atoms with Gasteiger partial charge in [0.05, 0.1) is 0 Å². The van der Waals surface area contributed by atoms with Crippen LogP contribution in [0, 0.1) is 13.8 Å². The quantitative estimate of drug-likeness (QED) is 0.853. The van der Waals surface area contributed by atoms with E-state index in [9.17, 15) is 0 Å². The molecule has 20 heavy (non-hydrogen) atoms. The predicted molar refractivity (Wildman–Crippen MR) is 86.3 cm³/mol. The van der Waals surface area contributed by atoms with Crippen LogP contribution < -0.4 is 5.32 Å². The molecule has 1 aliphatic carbocycles. The number of benzene rings is 2. The third-order valence-corrected chi connectivity index (χ3v) is 4.84. The first-order valence-electron chi connectivity index (χ1n) is 7.28. The molecule has 0 heterocycles. The Morgan fingerprint density at radius 1 is 1.05 bits per heavy atom. The maximum atomic E-state index is 3.55. The maximum Gasteiger partial charge on any atom is 0.0208 e. The first-order chi connectivity index (χ1) is 9.70. The van der Waals surface area contributed by atoms with Gasteiger partial charge in [-0.15, -0.1) is 0 Å². The van der Waals surface area contributed by atoms with E-state index in [2.05, 4.69) is 61.6 Å². The van der Waals surface area contributed by atoms with Gasteiger partial charge in [-0.3, -0.25) is 0 Å². The van der Waals surface area contributed by atoms with Crippen molar-refractivity contribution in [2.75, 3.05) is 0 Å². The molecular formula is C18H21NS. The fraction of sp³-hybridized carbons (Fsp3) is 0.333. The summed E-state index contributed by atoms with van der Waals surface area (Å²) in [6.07, 6.45) is 2.70. The van der Waals surface area contributed by atoms with Crippen molar-refractivity contribution in [3.05, 3.63) is 59.2 Å². The van der Waals surface area contributed by atoms with E-state index in [1.807, 2.05) is 11.8 Å². The molecule has 1 saturated carbocycles. The van der Waals surface area contributed by atoms with Crippen molar-refractivity contribution in [1.82, 2.24) is 5.32 Å². The highest BCUT2D eigenvalue weighted by atomic mass is 32.2. The van der Waals surface area contributed by atoms with Crippen LogP contribution in [-0.4, -0.2) is 6.04 Å². The summed E-state index contributed by atoms with van der Waals surface area (Å²) in [5.41, 5.74) is 4.06. The molecule has 104 valence electrons. The van der Waals surface area contributed by atoms with Crippen LogP contribution in [0.5, 0.6) is 0 Å². The predicted octanol–water partition coefficient (Wildman–Crippen LogP) is 4.71. The lowest BCUT2D eigenvalue weighted by Gasteiger charge is -2.08. The van der Waals surface area contributed by atoms with Crippen molar-refractivity contribution in [3.8, 4) is 0 Å². The van der Waals surface area contributed by atoms with Gasteiger partial charge in [-0.1, -0.05) is 41.6 Å². The highest BCUT2D eigenvalue weighted by molar-refractivity contribution is 7.99. The Bertz CT molecular complexity index is 585. The molecule has 0 bridgehead atoms. The molecule has 1 fully saturated rings. The summed E-state index contributed by atoms with van der Waals surface area (Å²) >= 11 is 1.85. The van der Waals surface area contributed by atoms with Gasteiger partial charge in [-0.25, -0.2) is 0 Å². The summed E-state index contributed by atoms with van der Waals surface area (Å²) in [7, 11) is 0. The molecule has 2 aromatic carbocycles. The minimum absolute atomic E-state index is 0.777. The van der Waals surface area contributed by atoms with Crippen molar-refractivity contribution in [2.45, 2.75) is 49.1 Å². The molecule has 0 atom stereocenters. The van der Waals surface area contributed by atoms with Gasteiger partial charge in [0, 0.05) is 22.4 Å². The molecule has 0 amide bonds. The summed E-state index contributed by atoms with van der Waals surface area (Å²) < 4.78 is 0. The topological polar surface area (TPSA) is 12.0 Å². The lowest BCUT2D eigenvalue weighted by Crippen LogP contribution is -2.14. The first-order valence-corrected chi connectivity index (χ1v) is 8.10. The summed E-state index contributed by atoms with van der Waals surface area (Å²) in [6.45, 7) is 5.32. The first kappa shape index (κ1) is 13.7. The van der Waals surface area contributed by atoms with Crippen molar-refractivity contribution < 1.29 is 0 Å². The highest BCUT2D eigenvalue weighted by Crippen LogP contribution is 2.30. The normalized spacial score (nSPS) is 14.5. The summed E-state index contributed by atoms with van der Waals surface area (Å²) in [4.78, 5) is 2.66. The van der Waals surface area contributed by atoms with Gasteiger partial charge >= 0.3 is 0 Å². The zero-order chi connectivity index (χ0) is 13.9. The van der Waals surface area contributed by atoms with Crippen molar-refractivity contribution in [1.29, 1.82) is 0 Å². The van der Waals surface area contributed by atoms with Gasteiger partial charge in [0.2, 0.25) is 0 Å². The standard InChI is InChI=1S/C18H21NS/c1-13-3-10-18(14(2)11-13)20-17-8-4-15(5-9-17)12-19-16-6-7-16/h3-5,8-11,16,19H,6-7,12H2,1-2H3. The van der Waals surface area contributed by atoms with Crippen molar-refractivity contribution >= 4 is 11.8 Å². The highest BCUT2D eigenvalue weighted by Gasteiger charge is 2.19. The van der Waals surface area contributed by atoms with Gasteiger partial charge in [-0.05, 0) is 56.0 Å². The van der Waals surface area contributed by atoms with Gasteiger partial charge < -0.3 is 5.32 Å². The smallest absolute Gasteiger partial charge is 0.0208 e. The third-order valence-electron chi connectivity index (χ3n) is 3.65. The molecule has 0 aromatic heterocycles. The summed E-state index contributed by atoms with van der Waals surface area (Å²) in [6, 6.07) is 16.4. The molecule has 3 rings (SSSR count). The van der Waals surface area contributed by atoms with Crippen LogP contribution in [0.3, 0.4) is 0 Å². The second kappa shape index (κ2) is 6.02. The molecule has 0 unspecified atom stereocenters. The van der Waals surface area contributed by atoms with Gasteiger partial charge in [0.1, 0.15) is 0 Å². The lowest BCUT2D eigenvalue weighted by molar-refractivity contribution is 0.687. The molecule has 0 saturated heterocycles. The van der Waals surface area contributed by atoms with Gasteiger partial charge in [0.25, 0.3) is 0 Å². The van der Waals surface area contributed by atoms with Crippen molar-refractivity contribution in [2.24, 2.45) is 0 Å². The number of nitrogens with one attached hydrogen (secondary N) is 1. The average molecular weight is 283 g/mol. The molecule has 0 radical (unpaired) electrons. The zero-order valence-corrected chi connectivity index (χ0v) is 13.0. The molecule has 1 nitrogen and oxygen atoms in total. The molecule has 2 aromatic rings. The van der Waals surface area contributed by atoms with Gasteiger partial charge in [-0.2, -0.15) is 0 Å². The average Bonchev–Trinajstić information content (AvgIpc) is 3.25. The minimum atomic E-state index is 0.777. The van der Waals surface area contributed by atoms with E-state index in [1.165, 1.54) is 39.3 Å². The Hall–Kier alpha value is -1.25. The Kier molecular flexibility index (Phi) is 4.13. The molecule has 0 aliphatic heterocycles. The minimum Gasteiger partial charge on any atom is -0.310 e. The lowest BCUT2D eigenvalue weighted by atomic mass is 10.2. The van der Waals surface area contributed by atoms with E-state index in [-0.39, 0.29) is 0 Å². The fourth-order valence-electron chi connectivity index (χ4n) is 2.27. The van der Waals surface area contributed by atoms with Crippen LogP contribution in [0.25, 0.3) is 0 Å². The van der Waals surface area contributed by atoms with Gasteiger partial charge in [0.15, 0.2) is 0 Å². The Labute approximate surface area is 125 Å². The van der Waals surface area contributed by atoms with E-state index in [0.29, 0.717) is 0 Å². The molecular weight excluding hydrogens is 262 g/mol. The molecule has 1 aliphatic rings. The SMILES string of the molecule is Cc1ccc(Sc2ccc(CNC3CC3)cc2)c(C)c1. The summed E-state index contributed by atoms with van der Waals surface area (Å²) in [5.74, 6) is 0. The third kappa shape index (κ3) is 3.65. The van der Waals surface area contributed by atoms with Crippen LogP contribution in [0.1, 0.15) is 29.5 Å². The van der Waals surface area contributed by atoms with Crippen LogP contribution in [0.15, 0.2) is 52.3 Å². The Morgan fingerprint density at radius 2 is 1.80 bits per heavy atom. The second-order valence-corrected chi connectivity index (χ2v) is 6.79. The van der Waals surface area contributed by atoms with E-state index in [1.54, 1.807) is 0 Å². The molecule has 1 N–H and O–H groups in total. The van der Waals surface area contributed by atoms with Crippen LogP contribution in [-0.2, 0) is 6.54 Å². The van der Waals surface area contributed by atoms with Crippen LogP contribution in [0.2, 0.25) is 0 Å². The molecule has 0 spiro atoms. The maximum absolute atomic E-state index is 3.55. The second-order valence-electron chi connectivity index (χ2n) is 5.67. The number of hydrogen-bond donors (Lipinski definition) is 1. The van der Waals surface area contributed by atoms with E-state index in [0.717, 1.165) is 12.6 Å². The monoisotopic (exact) mass is 283 g/mol.